The Morgan fingerprint density at radius 2 is 2.54 bits per heavy atom. The SMILES string of the molecule is O=C(c1ccsc1)C1CCCOC1. The summed E-state index contributed by atoms with van der Waals surface area (Å²) in [7, 11) is 0. The monoisotopic (exact) mass is 196 g/mol. The summed E-state index contributed by atoms with van der Waals surface area (Å²) in [6.45, 7) is 1.42. The molecular weight excluding hydrogens is 184 g/mol. The molecule has 2 rings (SSSR count). The molecule has 0 bridgehead atoms. The van der Waals surface area contributed by atoms with Crippen LogP contribution >= 0.6 is 11.3 Å². The summed E-state index contributed by atoms with van der Waals surface area (Å²) < 4.78 is 5.28. The Morgan fingerprint density at radius 3 is 3.15 bits per heavy atom. The van der Waals surface area contributed by atoms with Crippen molar-refractivity contribution in [3.05, 3.63) is 22.4 Å². The lowest BCUT2D eigenvalue weighted by molar-refractivity contribution is 0.0461. The van der Waals surface area contributed by atoms with Crippen molar-refractivity contribution in [1.82, 2.24) is 0 Å². The number of Topliss-reactive ketones (excluding diaryl/α,β-unsaturated/α-hetero) is 1. The van der Waals surface area contributed by atoms with Gasteiger partial charge in [0.15, 0.2) is 5.78 Å². The third kappa shape index (κ3) is 1.98. The summed E-state index contributed by atoms with van der Waals surface area (Å²) in [4.78, 5) is 11.8. The highest BCUT2D eigenvalue weighted by Crippen LogP contribution is 2.20. The van der Waals surface area contributed by atoms with Crippen LogP contribution in [-0.2, 0) is 4.74 Å². The lowest BCUT2D eigenvalue weighted by atomic mass is 9.94. The predicted octanol–water partition coefficient (Wildman–Crippen LogP) is 2.36. The Morgan fingerprint density at radius 1 is 1.62 bits per heavy atom. The molecule has 0 aliphatic carbocycles. The van der Waals surface area contributed by atoms with Crippen LogP contribution < -0.4 is 0 Å². The largest absolute Gasteiger partial charge is 0.381 e. The van der Waals surface area contributed by atoms with Gasteiger partial charge in [-0.1, -0.05) is 0 Å². The molecule has 0 spiro atoms. The minimum atomic E-state index is 0.100. The van der Waals surface area contributed by atoms with Gasteiger partial charge in [0.25, 0.3) is 0 Å². The normalized spacial score (nSPS) is 22.9. The van der Waals surface area contributed by atoms with Crippen molar-refractivity contribution in [3.8, 4) is 0 Å². The topological polar surface area (TPSA) is 26.3 Å². The molecule has 1 atom stereocenters. The molecule has 70 valence electrons. The minimum Gasteiger partial charge on any atom is -0.381 e. The minimum absolute atomic E-state index is 0.100. The highest BCUT2D eigenvalue weighted by molar-refractivity contribution is 7.08. The van der Waals surface area contributed by atoms with Crippen molar-refractivity contribution in [1.29, 1.82) is 0 Å². The fourth-order valence-electron chi connectivity index (χ4n) is 1.59. The Hall–Kier alpha value is -0.670. The molecule has 0 amide bonds. The van der Waals surface area contributed by atoms with Crippen molar-refractivity contribution in [2.45, 2.75) is 12.8 Å². The Labute approximate surface area is 81.5 Å². The lowest BCUT2D eigenvalue weighted by Crippen LogP contribution is -2.24. The van der Waals surface area contributed by atoms with Crippen LogP contribution in [-0.4, -0.2) is 19.0 Å². The zero-order chi connectivity index (χ0) is 9.10. The van der Waals surface area contributed by atoms with E-state index in [0.29, 0.717) is 6.61 Å². The second kappa shape index (κ2) is 4.03. The number of ether oxygens (including phenoxy) is 1. The molecule has 0 N–H and O–H groups in total. The van der Waals surface area contributed by atoms with Crippen molar-refractivity contribution in [2.75, 3.05) is 13.2 Å². The van der Waals surface area contributed by atoms with E-state index in [-0.39, 0.29) is 11.7 Å². The van der Waals surface area contributed by atoms with Crippen molar-refractivity contribution >= 4 is 17.1 Å². The molecule has 1 unspecified atom stereocenters. The Bertz CT molecular complexity index is 273. The number of carbonyl (C=O) groups is 1. The van der Waals surface area contributed by atoms with E-state index < -0.39 is 0 Å². The standard InChI is InChI=1S/C10H12O2S/c11-10(9-3-5-13-7-9)8-2-1-4-12-6-8/h3,5,7-8H,1-2,4,6H2. The van der Waals surface area contributed by atoms with Gasteiger partial charge in [-0.3, -0.25) is 4.79 Å². The van der Waals surface area contributed by atoms with Gasteiger partial charge in [-0.15, -0.1) is 0 Å². The molecule has 1 fully saturated rings. The predicted molar refractivity (Wildman–Crippen MR) is 52.2 cm³/mol. The van der Waals surface area contributed by atoms with Crippen LogP contribution in [0.15, 0.2) is 16.8 Å². The summed E-state index contributed by atoms with van der Waals surface area (Å²) in [6.07, 6.45) is 2.00. The molecule has 1 aliphatic rings. The molecule has 13 heavy (non-hydrogen) atoms. The van der Waals surface area contributed by atoms with Crippen LogP contribution in [0.4, 0.5) is 0 Å². The first-order valence-corrected chi connectivity index (χ1v) is 5.46. The van der Waals surface area contributed by atoms with Gasteiger partial charge in [-0.2, -0.15) is 11.3 Å². The maximum Gasteiger partial charge on any atom is 0.169 e. The summed E-state index contributed by atoms with van der Waals surface area (Å²) in [5.41, 5.74) is 0.848. The molecule has 1 aromatic heterocycles. The van der Waals surface area contributed by atoms with Gasteiger partial charge in [0.2, 0.25) is 0 Å². The van der Waals surface area contributed by atoms with Gasteiger partial charge in [-0.05, 0) is 24.3 Å². The lowest BCUT2D eigenvalue weighted by Gasteiger charge is -2.20. The second-order valence-electron chi connectivity index (χ2n) is 3.29. The second-order valence-corrected chi connectivity index (χ2v) is 4.07. The van der Waals surface area contributed by atoms with E-state index in [0.717, 1.165) is 25.0 Å². The van der Waals surface area contributed by atoms with E-state index in [4.69, 9.17) is 4.74 Å². The van der Waals surface area contributed by atoms with Gasteiger partial charge in [0.1, 0.15) is 0 Å². The number of thiophene rings is 1. The molecule has 2 nitrogen and oxygen atoms in total. The number of hydrogen-bond donors (Lipinski definition) is 0. The first-order chi connectivity index (χ1) is 6.38. The van der Waals surface area contributed by atoms with Gasteiger partial charge < -0.3 is 4.74 Å². The maximum absolute atomic E-state index is 11.8. The van der Waals surface area contributed by atoms with Crippen molar-refractivity contribution in [2.24, 2.45) is 5.92 Å². The Kier molecular flexibility index (Phi) is 2.76. The van der Waals surface area contributed by atoms with Gasteiger partial charge in [-0.25, -0.2) is 0 Å². The molecule has 0 saturated carbocycles. The average Bonchev–Trinajstić information content (AvgIpc) is 2.71. The smallest absolute Gasteiger partial charge is 0.169 e. The fourth-order valence-corrected chi connectivity index (χ4v) is 2.23. The van der Waals surface area contributed by atoms with E-state index in [1.54, 1.807) is 11.3 Å². The van der Waals surface area contributed by atoms with Crippen LogP contribution in [0.25, 0.3) is 0 Å². The van der Waals surface area contributed by atoms with Gasteiger partial charge in [0, 0.05) is 23.5 Å². The summed E-state index contributed by atoms with van der Waals surface area (Å²) >= 11 is 1.57. The molecule has 3 heteroatoms. The van der Waals surface area contributed by atoms with E-state index >= 15 is 0 Å². The van der Waals surface area contributed by atoms with Gasteiger partial charge in [0.05, 0.1) is 6.61 Å². The van der Waals surface area contributed by atoms with E-state index in [1.807, 2.05) is 16.8 Å². The zero-order valence-electron chi connectivity index (χ0n) is 7.36. The maximum atomic E-state index is 11.8. The van der Waals surface area contributed by atoms with Crippen LogP contribution in [0.1, 0.15) is 23.2 Å². The third-order valence-corrected chi connectivity index (χ3v) is 3.02. The van der Waals surface area contributed by atoms with Crippen molar-refractivity contribution < 1.29 is 9.53 Å². The molecule has 2 heterocycles. The molecule has 0 aromatic carbocycles. The molecular formula is C10H12O2S. The van der Waals surface area contributed by atoms with Crippen LogP contribution in [0.5, 0.6) is 0 Å². The van der Waals surface area contributed by atoms with Gasteiger partial charge >= 0.3 is 0 Å². The van der Waals surface area contributed by atoms with Crippen LogP contribution in [0.3, 0.4) is 0 Å². The van der Waals surface area contributed by atoms with E-state index in [2.05, 4.69) is 0 Å². The first-order valence-electron chi connectivity index (χ1n) is 4.52. The molecule has 1 aromatic rings. The summed E-state index contributed by atoms with van der Waals surface area (Å²) in [5, 5.41) is 3.86. The highest BCUT2D eigenvalue weighted by Gasteiger charge is 2.22. The number of ketones is 1. The highest BCUT2D eigenvalue weighted by atomic mass is 32.1. The zero-order valence-corrected chi connectivity index (χ0v) is 8.18. The molecule has 1 aliphatic heterocycles. The number of hydrogen-bond acceptors (Lipinski definition) is 3. The quantitative estimate of drug-likeness (QED) is 0.679. The third-order valence-electron chi connectivity index (χ3n) is 2.34. The molecule has 0 radical (unpaired) electrons. The Balaban J connectivity index is 2.04. The van der Waals surface area contributed by atoms with Crippen LogP contribution in [0.2, 0.25) is 0 Å². The van der Waals surface area contributed by atoms with Crippen molar-refractivity contribution in [3.63, 3.8) is 0 Å². The average molecular weight is 196 g/mol. The van der Waals surface area contributed by atoms with Crippen LogP contribution in [0, 0.1) is 5.92 Å². The van der Waals surface area contributed by atoms with E-state index in [9.17, 15) is 4.79 Å². The summed E-state index contributed by atoms with van der Waals surface area (Å²) in [5.74, 6) is 0.351. The number of carbonyl (C=O) groups excluding carboxylic acids is 1. The first kappa shape index (κ1) is 8.91. The fraction of sp³-hybridized carbons (Fsp3) is 0.500. The molecule has 1 saturated heterocycles. The summed E-state index contributed by atoms with van der Waals surface area (Å²) in [6, 6.07) is 1.89. The van der Waals surface area contributed by atoms with E-state index in [1.165, 1.54) is 0 Å². The number of rotatable bonds is 2.